The smallest absolute Gasteiger partial charge is 0.336 e. The van der Waals surface area contributed by atoms with Crippen LogP contribution in [0.5, 0.6) is 5.75 Å². The molecular weight excluding hydrogens is 342 g/mol. The Morgan fingerprint density at radius 1 is 0.963 bits per heavy atom. The van der Waals surface area contributed by atoms with Crippen LogP contribution in [0, 0.1) is 0 Å². The molecule has 27 heavy (non-hydrogen) atoms. The van der Waals surface area contributed by atoms with Crippen LogP contribution in [0.25, 0.3) is 11.0 Å². The Kier molecular flexibility index (Phi) is 4.92. The Bertz CT molecular complexity index is 990. The van der Waals surface area contributed by atoms with Gasteiger partial charge in [-0.3, -0.25) is 4.79 Å². The molecule has 1 aromatic heterocycles. The fraction of sp³-hybridized carbons (Fsp3) is 0.273. The number of hydrogen-bond donors (Lipinski definition) is 0. The van der Waals surface area contributed by atoms with Gasteiger partial charge in [-0.05, 0) is 37.5 Å². The molecule has 1 atom stereocenters. The van der Waals surface area contributed by atoms with E-state index in [1.54, 1.807) is 18.2 Å². The molecule has 0 N–H and O–H groups in total. The van der Waals surface area contributed by atoms with Crippen LogP contribution in [0.1, 0.15) is 30.9 Å². The van der Waals surface area contributed by atoms with Gasteiger partial charge in [0, 0.05) is 36.2 Å². The molecule has 2 aromatic carbocycles. The number of fused-ring (bicyclic) bond motifs is 1. The predicted molar refractivity (Wildman–Crippen MR) is 103 cm³/mol. The normalized spacial score (nSPS) is 15.5. The van der Waals surface area contributed by atoms with Gasteiger partial charge in [-0.2, -0.15) is 0 Å². The van der Waals surface area contributed by atoms with E-state index in [-0.39, 0.29) is 5.91 Å². The molecule has 1 aliphatic rings. The number of carbonyl (C=O) groups is 1. The molecule has 1 aliphatic heterocycles. The lowest BCUT2D eigenvalue weighted by Gasteiger charge is -2.30. The van der Waals surface area contributed by atoms with Gasteiger partial charge in [0.05, 0.1) is 0 Å². The molecule has 0 aliphatic carbocycles. The third kappa shape index (κ3) is 3.87. The first kappa shape index (κ1) is 17.3. The molecule has 4 rings (SSSR count). The first-order chi connectivity index (χ1) is 13.2. The summed E-state index contributed by atoms with van der Waals surface area (Å²) in [5, 5.41) is 0.806. The van der Waals surface area contributed by atoms with Crippen molar-refractivity contribution in [2.45, 2.75) is 25.4 Å². The Hall–Kier alpha value is -3.08. The first-order valence-corrected chi connectivity index (χ1v) is 9.25. The molecule has 138 valence electrons. The van der Waals surface area contributed by atoms with Gasteiger partial charge < -0.3 is 14.1 Å². The van der Waals surface area contributed by atoms with Crippen molar-refractivity contribution in [3.8, 4) is 5.75 Å². The summed E-state index contributed by atoms with van der Waals surface area (Å²) in [6.45, 7) is 1.52. The van der Waals surface area contributed by atoms with Gasteiger partial charge in [0.1, 0.15) is 11.3 Å². The van der Waals surface area contributed by atoms with Crippen LogP contribution in [-0.2, 0) is 4.79 Å². The second kappa shape index (κ2) is 7.66. The van der Waals surface area contributed by atoms with Crippen molar-refractivity contribution in [3.05, 3.63) is 76.6 Å². The molecule has 0 saturated carbocycles. The van der Waals surface area contributed by atoms with Crippen molar-refractivity contribution in [1.29, 1.82) is 0 Å². The summed E-state index contributed by atoms with van der Waals surface area (Å²) in [6.07, 6.45) is 2.48. The SMILES string of the molecule is O=C([C@@H](Oc1ccc2ccc(=O)oc2c1)c1ccccc1)N1CCCCC1. The van der Waals surface area contributed by atoms with Crippen molar-refractivity contribution in [2.24, 2.45) is 0 Å². The summed E-state index contributed by atoms with van der Waals surface area (Å²) >= 11 is 0. The van der Waals surface area contributed by atoms with Crippen LogP contribution in [-0.4, -0.2) is 23.9 Å². The van der Waals surface area contributed by atoms with E-state index in [4.69, 9.17) is 9.15 Å². The van der Waals surface area contributed by atoms with Gasteiger partial charge in [-0.15, -0.1) is 0 Å². The summed E-state index contributed by atoms with van der Waals surface area (Å²) in [7, 11) is 0. The number of piperidine rings is 1. The second-order valence-electron chi connectivity index (χ2n) is 6.75. The molecule has 3 aromatic rings. The quantitative estimate of drug-likeness (QED) is 0.659. The van der Waals surface area contributed by atoms with Gasteiger partial charge in [0.25, 0.3) is 5.91 Å². The monoisotopic (exact) mass is 363 g/mol. The van der Waals surface area contributed by atoms with E-state index in [1.165, 1.54) is 6.07 Å². The molecule has 1 fully saturated rings. The van der Waals surface area contributed by atoms with Crippen molar-refractivity contribution >= 4 is 16.9 Å². The maximum absolute atomic E-state index is 13.1. The second-order valence-corrected chi connectivity index (χ2v) is 6.75. The molecule has 0 radical (unpaired) electrons. The third-order valence-electron chi connectivity index (χ3n) is 4.84. The van der Waals surface area contributed by atoms with E-state index in [1.807, 2.05) is 41.3 Å². The van der Waals surface area contributed by atoms with E-state index in [9.17, 15) is 9.59 Å². The largest absolute Gasteiger partial charge is 0.476 e. The van der Waals surface area contributed by atoms with E-state index in [0.29, 0.717) is 11.3 Å². The van der Waals surface area contributed by atoms with Crippen LogP contribution >= 0.6 is 0 Å². The van der Waals surface area contributed by atoms with Gasteiger partial charge in [0.15, 0.2) is 0 Å². The predicted octanol–water partition coefficient (Wildman–Crippen LogP) is 3.93. The standard InChI is InChI=1S/C22H21NO4/c24-20-12-10-16-9-11-18(15-19(16)27-20)26-21(17-7-3-1-4-8-17)22(25)23-13-5-2-6-14-23/h1,3-4,7-12,15,21H,2,5-6,13-14H2/t21-/m0/s1. The molecule has 0 bridgehead atoms. The van der Waals surface area contributed by atoms with Crippen LogP contribution in [0.15, 0.2) is 69.9 Å². The molecule has 0 unspecified atom stereocenters. The van der Waals surface area contributed by atoms with Gasteiger partial charge in [0.2, 0.25) is 6.10 Å². The third-order valence-corrected chi connectivity index (χ3v) is 4.84. The minimum atomic E-state index is -0.725. The van der Waals surface area contributed by atoms with Crippen LogP contribution < -0.4 is 10.4 Å². The molecule has 5 heteroatoms. The Morgan fingerprint density at radius 3 is 2.48 bits per heavy atom. The topological polar surface area (TPSA) is 59.8 Å². The lowest BCUT2D eigenvalue weighted by molar-refractivity contribution is -0.140. The fourth-order valence-corrected chi connectivity index (χ4v) is 3.42. The van der Waals surface area contributed by atoms with E-state index in [2.05, 4.69) is 0 Å². The Labute approximate surface area is 157 Å². The summed E-state index contributed by atoms with van der Waals surface area (Å²) in [5.74, 6) is 0.464. The Balaban J connectivity index is 1.66. The van der Waals surface area contributed by atoms with E-state index >= 15 is 0 Å². The van der Waals surface area contributed by atoms with Crippen molar-refractivity contribution in [1.82, 2.24) is 4.90 Å². The van der Waals surface area contributed by atoms with Gasteiger partial charge >= 0.3 is 5.63 Å². The summed E-state index contributed by atoms with van der Waals surface area (Å²) in [6, 6.07) is 17.9. The lowest BCUT2D eigenvalue weighted by Crippen LogP contribution is -2.40. The highest BCUT2D eigenvalue weighted by Crippen LogP contribution is 2.27. The van der Waals surface area contributed by atoms with E-state index in [0.717, 1.165) is 43.3 Å². The summed E-state index contributed by atoms with van der Waals surface area (Å²) in [5.41, 5.74) is 0.837. The van der Waals surface area contributed by atoms with Gasteiger partial charge in [-0.25, -0.2) is 4.79 Å². The number of amides is 1. The van der Waals surface area contributed by atoms with Gasteiger partial charge in [-0.1, -0.05) is 30.3 Å². The highest BCUT2D eigenvalue weighted by atomic mass is 16.5. The highest BCUT2D eigenvalue weighted by Gasteiger charge is 2.28. The highest BCUT2D eigenvalue weighted by molar-refractivity contribution is 5.83. The molecule has 2 heterocycles. The molecule has 5 nitrogen and oxygen atoms in total. The fourth-order valence-electron chi connectivity index (χ4n) is 3.42. The maximum atomic E-state index is 13.1. The minimum absolute atomic E-state index is 0.0319. The van der Waals surface area contributed by atoms with Crippen molar-refractivity contribution in [3.63, 3.8) is 0 Å². The zero-order valence-corrected chi connectivity index (χ0v) is 15.0. The number of likely N-dealkylation sites (tertiary alicyclic amines) is 1. The number of rotatable bonds is 4. The van der Waals surface area contributed by atoms with Crippen LogP contribution in [0.3, 0.4) is 0 Å². The maximum Gasteiger partial charge on any atom is 0.336 e. The molecule has 1 amide bonds. The number of carbonyl (C=O) groups excluding carboxylic acids is 1. The molecular formula is C22H21NO4. The minimum Gasteiger partial charge on any atom is -0.476 e. The lowest BCUT2D eigenvalue weighted by atomic mass is 10.1. The van der Waals surface area contributed by atoms with E-state index < -0.39 is 11.7 Å². The number of benzene rings is 2. The molecule has 1 saturated heterocycles. The average Bonchev–Trinajstić information content (AvgIpc) is 2.72. The number of ether oxygens (including phenoxy) is 1. The summed E-state index contributed by atoms with van der Waals surface area (Å²) in [4.78, 5) is 26.5. The number of hydrogen-bond acceptors (Lipinski definition) is 4. The van der Waals surface area contributed by atoms with Crippen LogP contribution in [0.4, 0.5) is 0 Å². The first-order valence-electron chi connectivity index (χ1n) is 9.25. The summed E-state index contributed by atoms with van der Waals surface area (Å²) < 4.78 is 11.3. The number of nitrogens with zero attached hydrogens (tertiary/aromatic N) is 1. The zero-order valence-electron chi connectivity index (χ0n) is 15.0. The Morgan fingerprint density at radius 2 is 1.70 bits per heavy atom. The van der Waals surface area contributed by atoms with Crippen molar-refractivity contribution in [2.75, 3.05) is 13.1 Å². The van der Waals surface area contributed by atoms with Crippen LogP contribution in [0.2, 0.25) is 0 Å². The zero-order chi connectivity index (χ0) is 18.6. The molecule has 0 spiro atoms. The van der Waals surface area contributed by atoms with Crippen molar-refractivity contribution < 1.29 is 13.9 Å². The average molecular weight is 363 g/mol.